The van der Waals surface area contributed by atoms with Gasteiger partial charge >= 0.3 is 0 Å². The van der Waals surface area contributed by atoms with Crippen molar-refractivity contribution in [3.63, 3.8) is 0 Å². The Bertz CT molecular complexity index is 188. The van der Waals surface area contributed by atoms with Crippen molar-refractivity contribution in [1.29, 1.82) is 0 Å². The minimum atomic E-state index is 0.703. The third kappa shape index (κ3) is 2.00. The summed E-state index contributed by atoms with van der Waals surface area (Å²) in [4.78, 5) is 0. The lowest BCUT2D eigenvalue weighted by molar-refractivity contribution is 0.377. The van der Waals surface area contributed by atoms with Gasteiger partial charge < -0.3 is 0 Å². The molecule has 0 nitrogen and oxygen atoms in total. The Balaban J connectivity index is 2.69. The summed E-state index contributed by atoms with van der Waals surface area (Å²) in [6, 6.07) is 0. The summed E-state index contributed by atoms with van der Waals surface area (Å²) in [6.07, 6.45) is 4.88. The van der Waals surface area contributed by atoms with Crippen molar-refractivity contribution in [2.24, 2.45) is 11.8 Å². The molecule has 0 aromatic heterocycles. The minimum absolute atomic E-state index is 0.703. The fourth-order valence-corrected chi connectivity index (χ4v) is 2.10. The fourth-order valence-electron chi connectivity index (χ4n) is 2.10. The Hall–Kier alpha value is -0.520. The second-order valence-corrected chi connectivity index (χ2v) is 4.08. The van der Waals surface area contributed by atoms with E-state index in [1.165, 1.54) is 30.4 Å². The van der Waals surface area contributed by atoms with Gasteiger partial charge in [0.25, 0.3) is 0 Å². The maximum Gasteiger partial charge on any atom is -0.0111 e. The van der Waals surface area contributed by atoms with Crippen molar-refractivity contribution >= 4 is 0 Å². The molecule has 0 spiro atoms. The molecule has 1 aliphatic rings. The highest BCUT2D eigenvalue weighted by Gasteiger charge is 2.21. The van der Waals surface area contributed by atoms with Crippen LogP contribution in [-0.4, -0.2) is 0 Å². The molecular formula is C12H20. The number of hydrogen-bond donors (Lipinski definition) is 0. The summed E-state index contributed by atoms with van der Waals surface area (Å²) in [5, 5.41) is 0. The van der Waals surface area contributed by atoms with Crippen LogP contribution in [0.4, 0.5) is 0 Å². The first-order valence-electron chi connectivity index (χ1n) is 4.99. The van der Waals surface area contributed by atoms with Crippen molar-refractivity contribution in [2.75, 3.05) is 0 Å². The quantitative estimate of drug-likeness (QED) is 0.406. The third-order valence-corrected chi connectivity index (χ3v) is 3.22. The van der Waals surface area contributed by atoms with E-state index in [0.717, 1.165) is 12.3 Å². The summed E-state index contributed by atoms with van der Waals surface area (Å²) in [6.45, 7) is 12.8. The van der Waals surface area contributed by atoms with Gasteiger partial charge in [-0.15, -0.1) is 0 Å². The molecule has 0 bridgehead atoms. The SMILES string of the molecule is C=C1CC[C@@H](CC)[C@H](C)C(=C)C1. The monoisotopic (exact) mass is 164 g/mol. The Morgan fingerprint density at radius 2 is 2.08 bits per heavy atom. The standard InChI is InChI=1S/C12H20/c1-5-12-7-6-9(2)8-10(3)11(12)4/h11-12H,2-3,5-8H2,1,4H3/t11-,12-/m1/s1. The molecule has 2 atom stereocenters. The molecule has 1 saturated carbocycles. The Kier molecular flexibility index (Phi) is 3.13. The van der Waals surface area contributed by atoms with Gasteiger partial charge in [-0.1, -0.05) is 44.6 Å². The normalized spacial score (nSPS) is 31.8. The summed E-state index contributed by atoms with van der Waals surface area (Å²) >= 11 is 0. The molecule has 0 aromatic carbocycles. The minimum Gasteiger partial charge on any atom is -0.0995 e. The van der Waals surface area contributed by atoms with Crippen LogP contribution in [0.25, 0.3) is 0 Å². The summed E-state index contributed by atoms with van der Waals surface area (Å²) in [7, 11) is 0. The molecule has 0 amide bonds. The van der Waals surface area contributed by atoms with Gasteiger partial charge in [-0.25, -0.2) is 0 Å². The molecule has 1 fully saturated rings. The van der Waals surface area contributed by atoms with E-state index in [0.29, 0.717) is 5.92 Å². The Morgan fingerprint density at radius 3 is 2.67 bits per heavy atom. The van der Waals surface area contributed by atoms with Crippen LogP contribution < -0.4 is 0 Å². The molecule has 0 unspecified atom stereocenters. The third-order valence-electron chi connectivity index (χ3n) is 3.22. The molecule has 0 heteroatoms. The molecule has 0 N–H and O–H groups in total. The first-order chi connectivity index (χ1) is 5.65. The smallest absolute Gasteiger partial charge is 0.0111 e. The van der Waals surface area contributed by atoms with Gasteiger partial charge in [0, 0.05) is 0 Å². The van der Waals surface area contributed by atoms with Crippen LogP contribution in [0.5, 0.6) is 0 Å². The molecular weight excluding hydrogens is 144 g/mol. The second kappa shape index (κ2) is 3.93. The number of hydrogen-bond acceptors (Lipinski definition) is 0. The number of allylic oxidation sites excluding steroid dienone is 2. The predicted molar refractivity (Wildman–Crippen MR) is 55.1 cm³/mol. The van der Waals surface area contributed by atoms with Gasteiger partial charge in [-0.3, -0.25) is 0 Å². The summed E-state index contributed by atoms with van der Waals surface area (Å²) < 4.78 is 0. The van der Waals surface area contributed by atoms with Crippen LogP contribution >= 0.6 is 0 Å². The number of rotatable bonds is 1. The maximum atomic E-state index is 4.14. The first-order valence-corrected chi connectivity index (χ1v) is 4.99. The highest BCUT2D eigenvalue weighted by Crippen LogP contribution is 2.35. The molecule has 68 valence electrons. The van der Waals surface area contributed by atoms with E-state index in [9.17, 15) is 0 Å². The Labute approximate surface area is 76.4 Å². The van der Waals surface area contributed by atoms with Gasteiger partial charge in [0.15, 0.2) is 0 Å². The fraction of sp³-hybridized carbons (Fsp3) is 0.667. The maximum absolute atomic E-state index is 4.14. The van der Waals surface area contributed by atoms with Crippen LogP contribution in [0.2, 0.25) is 0 Å². The van der Waals surface area contributed by atoms with Gasteiger partial charge in [-0.05, 0) is 31.1 Å². The zero-order valence-corrected chi connectivity index (χ0v) is 8.40. The zero-order chi connectivity index (χ0) is 9.14. The van der Waals surface area contributed by atoms with Gasteiger partial charge in [0.2, 0.25) is 0 Å². The van der Waals surface area contributed by atoms with Crippen molar-refractivity contribution < 1.29 is 0 Å². The second-order valence-electron chi connectivity index (χ2n) is 4.08. The molecule has 0 radical (unpaired) electrons. The van der Waals surface area contributed by atoms with Crippen molar-refractivity contribution in [3.8, 4) is 0 Å². The van der Waals surface area contributed by atoms with E-state index in [-0.39, 0.29) is 0 Å². The molecule has 1 rings (SSSR count). The van der Waals surface area contributed by atoms with E-state index in [2.05, 4.69) is 27.0 Å². The average Bonchev–Trinajstić information content (AvgIpc) is 2.14. The van der Waals surface area contributed by atoms with Crippen molar-refractivity contribution in [3.05, 3.63) is 24.3 Å². The predicted octanol–water partition coefficient (Wildman–Crippen LogP) is 3.95. The molecule has 0 heterocycles. The largest absolute Gasteiger partial charge is 0.0995 e. The summed E-state index contributed by atoms with van der Waals surface area (Å²) in [5.41, 5.74) is 2.77. The van der Waals surface area contributed by atoms with Crippen LogP contribution in [-0.2, 0) is 0 Å². The molecule has 0 aromatic rings. The van der Waals surface area contributed by atoms with Crippen molar-refractivity contribution in [1.82, 2.24) is 0 Å². The molecule has 12 heavy (non-hydrogen) atoms. The van der Waals surface area contributed by atoms with Crippen LogP contribution in [0.15, 0.2) is 24.3 Å². The molecule has 0 aliphatic heterocycles. The summed E-state index contributed by atoms with van der Waals surface area (Å²) in [5.74, 6) is 1.55. The molecule has 0 saturated heterocycles. The highest BCUT2D eigenvalue weighted by atomic mass is 14.3. The van der Waals surface area contributed by atoms with Crippen LogP contribution in [0.1, 0.15) is 39.5 Å². The van der Waals surface area contributed by atoms with Crippen LogP contribution in [0, 0.1) is 11.8 Å². The van der Waals surface area contributed by atoms with Crippen molar-refractivity contribution in [2.45, 2.75) is 39.5 Å². The van der Waals surface area contributed by atoms with E-state index in [4.69, 9.17) is 0 Å². The van der Waals surface area contributed by atoms with Gasteiger partial charge in [0.05, 0.1) is 0 Å². The van der Waals surface area contributed by atoms with E-state index in [1.807, 2.05) is 0 Å². The zero-order valence-electron chi connectivity index (χ0n) is 8.40. The van der Waals surface area contributed by atoms with E-state index < -0.39 is 0 Å². The lowest BCUT2D eigenvalue weighted by atomic mass is 9.85. The lowest BCUT2D eigenvalue weighted by Crippen LogP contribution is -2.10. The highest BCUT2D eigenvalue weighted by molar-refractivity contribution is 5.15. The van der Waals surface area contributed by atoms with E-state index in [1.54, 1.807) is 0 Å². The average molecular weight is 164 g/mol. The topological polar surface area (TPSA) is 0 Å². The Morgan fingerprint density at radius 1 is 1.42 bits per heavy atom. The van der Waals surface area contributed by atoms with Crippen LogP contribution in [0.3, 0.4) is 0 Å². The van der Waals surface area contributed by atoms with Gasteiger partial charge in [-0.2, -0.15) is 0 Å². The van der Waals surface area contributed by atoms with Gasteiger partial charge in [0.1, 0.15) is 0 Å². The first kappa shape index (κ1) is 9.57. The lowest BCUT2D eigenvalue weighted by Gasteiger charge is -2.20. The van der Waals surface area contributed by atoms with E-state index >= 15 is 0 Å². The molecule has 1 aliphatic carbocycles.